The van der Waals surface area contributed by atoms with Crippen molar-refractivity contribution >= 4 is 16.8 Å². The number of nitriles is 1. The van der Waals surface area contributed by atoms with E-state index in [1.807, 2.05) is 13.0 Å². The topological polar surface area (TPSA) is 41.6 Å². The summed E-state index contributed by atoms with van der Waals surface area (Å²) in [4.78, 5) is 3.78. The number of aromatic nitrogens is 2. The predicted molar refractivity (Wildman–Crippen MR) is 42.7 cm³/mol. The van der Waals surface area contributed by atoms with Gasteiger partial charge in [-0.1, -0.05) is 17.7 Å². The van der Waals surface area contributed by atoms with Gasteiger partial charge in [-0.2, -0.15) is 5.26 Å². The minimum absolute atomic E-state index is 0.366. The lowest BCUT2D eigenvalue weighted by Gasteiger charge is -1.94. The van der Waals surface area contributed by atoms with Gasteiger partial charge < -0.3 is 0 Å². The Balaban J connectivity index is 3.00. The Labute approximate surface area is 69.5 Å². The van der Waals surface area contributed by atoms with E-state index in [2.05, 4.69) is 4.98 Å². The van der Waals surface area contributed by atoms with Crippen LogP contribution in [-0.4, -0.2) is 9.55 Å². The van der Waals surface area contributed by atoms with Gasteiger partial charge in [0.25, 0.3) is 0 Å². The van der Waals surface area contributed by atoms with E-state index in [0.29, 0.717) is 10.9 Å². The van der Waals surface area contributed by atoms with E-state index in [1.165, 1.54) is 6.33 Å². The second kappa shape index (κ2) is 3.22. The molecule has 1 heterocycles. The summed E-state index contributed by atoms with van der Waals surface area (Å²) < 4.78 is 1.58. The zero-order valence-electron chi connectivity index (χ0n) is 5.95. The molecule has 11 heavy (non-hydrogen) atoms. The molecule has 56 valence electrons. The van der Waals surface area contributed by atoms with E-state index < -0.39 is 0 Å². The highest BCUT2D eigenvalue weighted by atomic mass is 35.5. The van der Waals surface area contributed by atoms with Gasteiger partial charge in [-0.25, -0.2) is 4.98 Å². The lowest BCUT2D eigenvalue weighted by atomic mass is 10.5. The molecule has 0 radical (unpaired) electrons. The first-order chi connectivity index (χ1) is 5.27. The third-order valence-electron chi connectivity index (χ3n) is 1.18. The van der Waals surface area contributed by atoms with Crippen LogP contribution < -0.4 is 0 Å². The van der Waals surface area contributed by atoms with Gasteiger partial charge in [0.2, 0.25) is 0 Å². The minimum Gasteiger partial charge on any atom is -0.295 e. The maximum atomic E-state index is 8.42. The molecule has 0 saturated carbocycles. The van der Waals surface area contributed by atoms with Crippen LogP contribution in [0.5, 0.6) is 0 Å². The maximum Gasteiger partial charge on any atom is 0.158 e. The number of hydrogen-bond donors (Lipinski definition) is 0. The van der Waals surface area contributed by atoms with Crippen molar-refractivity contribution in [2.75, 3.05) is 0 Å². The fraction of sp³-hybridized carbons (Fsp3) is 0.143. The van der Waals surface area contributed by atoms with Crippen LogP contribution in [0.2, 0.25) is 0 Å². The Morgan fingerprint density at radius 3 is 3.09 bits per heavy atom. The van der Waals surface area contributed by atoms with E-state index >= 15 is 0 Å². The average Bonchev–Trinajstić information content (AvgIpc) is 2.50. The summed E-state index contributed by atoms with van der Waals surface area (Å²) in [6.45, 7) is 1.81. The van der Waals surface area contributed by atoms with Crippen LogP contribution >= 0.6 is 11.6 Å². The van der Waals surface area contributed by atoms with E-state index in [0.717, 1.165) is 0 Å². The Morgan fingerprint density at radius 1 is 1.91 bits per heavy atom. The molecule has 1 aromatic rings. The molecule has 0 aromatic carbocycles. The molecule has 0 amide bonds. The standard InChI is InChI=1S/C7H6ClN3/c1-2-7(8)11-4-6(3-9)10-5-11/h2,4-5H,1H3/b7-2-. The van der Waals surface area contributed by atoms with Crippen LogP contribution in [0.1, 0.15) is 12.6 Å². The first-order valence-electron chi connectivity index (χ1n) is 3.04. The molecule has 0 atom stereocenters. The molecule has 1 aromatic heterocycles. The van der Waals surface area contributed by atoms with Crippen molar-refractivity contribution < 1.29 is 0 Å². The number of nitrogens with zero attached hydrogens (tertiary/aromatic N) is 3. The summed E-state index contributed by atoms with van der Waals surface area (Å²) in [5.41, 5.74) is 0.366. The van der Waals surface area contributed by atoms with Crippen LogP contribution in [0.3, 0.4) is 0 Å². The molecule has 4 heteroatoms. The predicted octanol–water partition coefficient (Wildman–Crippen LogP) is 1.81. The number of halogens is 1. The Kier molecular flexibility index (Phi) is 2.29. The third kappa shape index (κ3) is 1.60. The Hall–Kier alpha value is -1.27. The highest BCUT2D eigenvalue weighted by Crippen LogP contribution is 2.09. The lowest BCUT2D eigenvalue weighted by molar-refractivity contribution is 1.12. The normalized spacial score (nSPS) is 11.2. The fourth-order valence-electron chi connectivity index (χ4n) is 0.646. The van der Waals surface area contributed by atoms with Crippen molar-refractivity contribution in [3.63, 3.8) is 0 Å². The number of imidazole rings is 1. The highest BCUT2D eigenvalue weighted by Gasteiger charge is 1.97. The van der Waals surface area contributed by atoms with Gasteiger partial charge in [-0.15, -0.1) is 0 Å². The Morgan fingerprint density at radius 2 is 2.64 bits per heavy atom. The second-order valence-corrected chi connectivity index (χ2v) is 2.28. The molecule has 3 nitrogen and oxygen atoms in total. The van der Waals surface area contributed by atoms with Gasteiger partial charge in [0.15, 0.2) is 5.69 Å². The summed E-state index contributed by atoms with van der Waals surface area (Å²) in [5.74, 6) is 0. The van der Waals surface area contributed by atoms with Crippen molar-refractivity contribution in [3.8, 4) is 6.07 Å². The first-order valence-corrected chi connectivity index (χ1v) is 3.42. The monoisotopic (exact) mass is 167 g/mol. The zero-order chi connectivity index (χ0) is 8.27. The quantitative estimate of drug-likeness (QED) is 0.640. The van der Waals surface area contributed by atoms with Crippen LogP contribution in [-0.2, 0) is 0 Å². The molecule has 0 bridgehead atoms. The minimum atomic E-state index is 0.366. The van der Waals surface area contributed by atoms with Gasteiger partial charge in [0.1, 0.15) is 17.6 Å². The smallest absolute Gasteiger partial charge is 0.158 e. The summed E-state index contributed by atoms with van der Waals surface area (Å²) in [6.07, 6.45) is 4.80. The number of rotatable bonds is 1. The van der Waals surface area contributed by atoms with Crippen molar-refractivity contribution in [3.05, 3.63) is 24.3 Å². The molecule has 0 unspecified atom stereocenters. The lowest BCUT2D eigenvalue weighted by Crippen LogP contribution is -1.84. The van der Waals surface area contributed by atoms with Crippen LogP contribution in [0.4, 0.5) is 0 Å². The molecular formula is C7H6ClN3. The van der Waals surface area contributed by atoms with Crippen molar-refractivity contribution in [2.24, 2.45) is 0 Å². The first kappa shape index (κ1) is 7.83. The van der Waals surface area contributed by atoms with E-state index in [-0.39, 0.29) is 0 Å². The summed E-state index contributed by atoms with van der Waals surface area (Å²) in [7, 11) is 0. The molecule has 0 fully saturated rings. The van der Waals surface area contributed by atoms with E-state index in [1.54, 1.807) is 16.8 Å². The molecule has 0 aliphatic heterocycles. The SMILES string of the molecule is C/C=C(/Cl)n1cnc(C#N)c1. The van der Waals surface area contributed by atoms with Crippen molar-refractivity contribution in [1.29, 1.82) is 5.26 Å². The summed E-state index contributed by atoms with van der Waals surface area (Å²) in [6, 6.07) is 1.91. The molecule has 0 N–H and O–H groups in total. The molecule has 0 aliphatic carbocycles. The van der Waals surface area contributed by atoms with Gasteiger partial charge >= 0.3 is 0 Å². The maximum absolute atomic E-state index is 8.42. The van der Waals surface area contributed by atoms with Crippen LogP contribution in [0.15, 0.2) is 18.6 Å². The van der Waals surface area contributed by atoms with Gasteiger partial charge in [0, 0.05) is 6.20 Å². The van der Waals surface area contributed by atoms with Gasteiger partial charge in [-0.3, -0.25) is 4.57 Å². The van der Waals surface area contributed by atoms with Crippen LogP contribution in [0.25, 0.3) is 5.16 Å². The van der Waals surface area contributed by atoms with E-state index in [9.17, 15) is 0 Å². The highest BCUT2D eigenvalue weighted by molar-refractivity contribution is 6.45. The average molecular weight is 168 g/mol. The zero-order valence-corrected chi connectivity index (χ0v) is 6.71. The Bertz CT molecular complexity index is 319. The molecular weight excluding hydrogens is 162 g/mol. The summed E-state index contributed by atoms with van der Waals surface area (Å²) >= 11 is 5.74. The third-order valence-corrected chi connectivity index (χ3v) is 1.60. The largest absolute Gasteiger partial charge is 0.295 e. The van der Waals surface area contributed by atoms with Crippen molar-refractivity contribution in [1.82, 2.24) is 9.55 Å². The summed E-state index contributed by atoms with van der Waals surface area (Å²) in [5, 5.41) is 8.96. The van der Waals surface area contributed by atoms with Gasteiger partial charge in [-0.05, 0) is 6.92 Å². The molecule has 1 rings (SSSR count). The molecule has 0 aliphatic rings. The second-order valence-electron chi connectivity index (χ2n) is 1.89. The van der Waals surface area contributed by atoms with E-state index in [4.69, 9.17) is 16.9 Å². The van der Waals surface area contributed by atoms with Crippen molar-refractivity contribution in [2.45, 2.75) is 6.92 Å². The number of allylic oxidation sites excluding steroid dienone is 1. The fourth-order valence-corrected chi connectivity index (χ4v) is 0.739. The van der Waals surface area contributed by atoms with Crippen LogP contribution in [0, 0.1) is 11.3 Å². The van der Waals surface area contributed by atoms with Gasteiger partial charge in [0.05, 0.1) is 0 Å². The molecule has 0 saturated heterocycles. The number of hydrogen-bond acceptors (Lipinski definition) is 2. The molecule has 0 spiro atoms.